The number of carbonyl (C=O) groups excluding carboxylic acids is 1. The lowest BCUT2D eigenvalue weighted by molar-refractivity contribution is -0.141. The Labute approximate surface area is 107 Å². The van der Waals surface area contributed by atoms with E-state index < -0.39 is 6.04 Å². The van der Waals surface area contributed by atoms with Crippen LogP contribution in [-0.4, -0.2) is 29.1 Å². The van der Waals surface area contributed by atoms with E-state index in [4.69, 9.17) is 0 Å². The molecule has 6 heteroatoms. The van der Waals surface area contributed by atoms with Crippen LogP contribution in [0.1, 0.15) is 6.92 Å². The molecule has 2 rings (SSSR count). The lowest BCUT2D eigenvalue weighted by Crippen LogP contribution is -2.27. The Hall–Kier alpha value is -1.56. The van der Waals surface area contributed by atoms with Crippen LogP contribution in [0.2, 0.25) is 0 Å². The van der Waals surface area contributed by atoms with E-state index in [1.807, 2.05) is 18.2 Å². The van der Waals surface area contributed by atoms with Crippen LogP contribution in [0, 0.1) is 0 Å². The van der Waals surface area contributed by atoms with Crippen LogP contribution in [0.3, 0.4) is 0 Å². The summed E-state index contributed by atoms with van der Waals surface area (Å²) in [6.07, 6.45) is 0. The third kappa shape index (κ3) is 2.58. The molecule has 1 heterocycles. The number of rotatable bonds is 3. The molecular formula is C11H12BrN3O2. The molecule has 0 spiro atoms. The predicted octanol–water partition coefficient (Wildman–Crippen LogP) is 2.30. The summed E-state index contributed by atoms with van der Waals surface area (Å²) in [5, 5.41) is 2.94. The third-order valence-corrected chi connectivity index (χ3v) is 2.85. The van der Waals surface area contributed by atoms with E-state index in [-0.39, 0.29) is 5.97 Å². The van der Waals surface area contributed by atoms with Gasteiger partial charge >= 0.3 is 5.97 Å². The number of aromatic amines is 1. The molecule has 1 atom stereocenters. The van der Waals surface area contributed by atoms with Gasteiger partial charge in [0.2, 0.25) is 5.95 Å². The van der Waals surface area contributed by atoms with E-state index in [0.29, 0.717) is 5.95 Å². The van der Waals surface area contributed by atoms with Crippen molar-refractivity contribution >= 4 is 38.9 Å². The van der Waals surface area contributed by atoms with E-state index in [9.17, 15) is 4.79 Å². The molecule has 0 bridgehead atoms. The van der Waals surface area contributed by atoms with E-state index in [1.165, 1.54) is 7.11 Å². The van der Waals surface area contributed by atoms with Crippen LogP contribution >= 0.6 is 15.9 Å². The van der Waals surface area contributed by atoms with Crippen molar-refractivity contribution in [1.82, 2.24) is 9.97 Å². The maximum absolute atomic E-state index is 11.3. The average Bonchev–Trinajstić information content (AvgIpc) is 2.69. The van der Waals surface area contributed by atoms with Gasteiger partial charge in [0.25, 0.3) is 0 Å². The first kappa shape index (κ1) is 11.9. The Morgan fingerprint density at radius 3 is 3.06 bits per heavy atom. The van der Waals surface area contributed by atoms with Gasteiger partial charge in [0, 0.05) is 4.47 Å². The van der Waals surface area contributed by atoms with Gasteiger partial charge in [-0.1, -0.05) is 15.9 Å². The standard InChI is InChI=1S/C11H12BrN3O2/c1-6(10(16)17-2)13-11-14-8-4-3-7(12)5-9(8)15-11/h3-6H,1-2H3,(H2,13,14,15). The number of benzene rings is 1. The molecule has 0 aliphatic heterocycles. The fraction of sp³-hybridized carbons (Fsp3) is 0.273. The Morgan fingerprint density at radius 2 is 2.35 bits per heavy atom. The average molecular weight is 298 g/mol. The molecular weight excluding hydrogens is 286 g/mol. The molecule has 2 aromatic rings. The van der Waals surface area contributed by atoms with E-state index >= 15 is 0 Å². The molecule has 90 valence electrons. The van der Waals surface area contributed by atoms with Crippen LogP contribution in [0.15, 0.2) is 22.7 Å². The summed E-state index contributed by atoms with van der Waals surface area (Å²) in [7, 11) is 1.36. The Morgan fingerprint density at radius 1 is 1.59 bits per heavy atom. The number of methoxy groups -OCH3 is 1. The topological polar surface area (TPSA) is 67.0 Å². The van der Waals surface area contributed by atoms with E-state index in [2.05, 4.69) is 36.0 Å². The summed E-state index contributed by atoms with van der Waals surface area (Å²) < 4.78 is 5.60. The molecule has 17 heavy (non-hydrogen) atoms. The van der Waals surface area contributed by atoms with Crippen LogP contribution in [-0.2, 0) is 9.53 Å². The second kappa shape index (κ2) is 4.75. The highest BCUT2D eigenvalue weighted by molar-refractivity contribution is 9.10. The summed E-state index contributed by atoms with van der Waals surface area (Å²) in [5.74, 6) is 0.225. The van der Waals surface area contributed by atoms with Crippen molar-refractivity contribution in [3.63, 3.8) is 0 Å². The number of H-pyrrole nitrogens is 1. The number of carbonyl (C=O) groups is 1. The Bertz CT molecular complexity index is 553. The van der Waals surface area contributed by atoms with Crippen molar-refractivity contribution in [3.05, 3.63) is 22.7 Å². The molecule has 0 saturated heterocycles. The summed E-state index contributed by atoms with van der Waals surface area (Å²) in [4.78, 5) is 18.7. The molecule has 0 fully saturated rings. The molecule has 0 amide bonds. The van der Waals surface area contributed by atoms with Gasteiger partial charge in [0.05, 0.1) is 18.1 Å². The second-order valence-corrected chi connectivity index (χ2v) is 4.55. The summed E-state index contributed by atoms with van der Waals surface area (Å²) in [6.45, 7) is 1.72. The maximum atomic E-state index is 11.3. The van der Waals surface area contributed by atoms with Gasteiger partial charge < -0.3 is 15.0 Å². The van der Waals surface area contributed by atoms with Gasteiger partial charge in [-0.05, 0) is 25.1 Å². The number of hydrogen-bond acceptors (Lipinski definition) is 4. The van der Waals surface area contributed by atoms with Crippen molar-refractivity contribution < 1.29 is 9.53 Å². The zero-order chi connectivity index (χ0) is 12.4. The van der Waals surface area contributed by atoms with Gasteiger partial charge in [-0.2, -0.15) is 0 Å². The molecule has 0 aliphatic rings. The number of imidazole rings is 1. The van der Waals surface area contributed by atoms with Crippen molar-refractivity contribution in [3.8, 4) is 0 Å². The first-order valence-corrected chi connectivity index (χ1v) is 5.89. The number of nitrogens with zero attached hydrogens (tertiary/aromatic N) is 1. The number of halogens is 1. The number of nitrogens with one attached hydrogen (secondary N) is 2. The smallest absolute Gasteiger partial charge is 0.328 e. The van der Waals surface area contributed by atoms with Gasteiger partial charge in [-0.15, -0.1) is 0 Å². The SMILES string of the molecule is COC(=O)C(C)Nc1nc2ccc(Br)cc2[nH]1. The molecule has 0 saturated carbocycles. The second-order valence-electron chi connectivity index (χ2n) is 3.64. The monoisotopic (exact) mass is 297 g/mol. The molecule has 0 radical (unpaired) electrons. The molecule has 1 aromatic carbocycles. The summed E-state index contributed by atoms with van der Waals surface area (Å²) >= 11 is 3.38. The fourth-order valence-corrected chi connectivity index (χ4v) is 1.85. The number of aromatic nitrogens is 2. The summed E-state index contributed by atoms with van der Waals surface area (Å²) in [5.41, 5.74) is 1.74. The first-order valence-electron chi connectivity index (χ1n) is 5.10. The number of hydrogen-bond donors (Lipinski definition) is 2. The van der Waals surface area contributed by atoms with Crippen molar-refractivity contribution in [2.24, 2.45) is 0 Å². The summed E-state index contributed by atoms with van der Waals surface area (Å²) in [6, 6.07) is 5.29. The number of ether oxygens (including phenoxy) is 1. The predicted molar refractivity (Wildman–Crippen MR) is 68.9 cm³/mol. The van der Waals surface area contributed by atoms with E-state index in [1.54, 1.807) is 6.92 Å². The first-order chi connectivity index (χ1) is 8.10. The van der Waals surface area contributed by atoms with Gasteiger partial charge in [-0.25, -0.2) is 9.78 Å². The lowest BCUT2D eigenvalue weighted by Gasteiger charge is -2.09. The molecule has 5 nitrogen and oxygen atoms in total. The molecule has 1 unspecified atom stereocenters. The van der Waals surface area contributed by atoms with Crippen molar-refractivity contribution in [2.45, 2.75) is 13.0 Å². The van der Waals surface area contributed by atoms with Crippen LogP contribution in [0.4, 0.5) is 5.95 Å². The Kier molecular flexibility index (Phi) is 3.33. The van der Waals surface area contributed by atoms with Crippen LogP contribution in [0.25, 0.3) is 11.0 Å². The highest BCUT2D eigenvalue weighted by Crippen LogP contribution is 2.19. The molecule has 0 aliphatic carbocycles. The van der Waals surface area contributed by atoms with Gasteiger partial charge in [-0.3, -0.25) is 0 Å². The minimum atomic E-state index is -0.441. The number of fused-ring (bicyclic) bond motifs is 1. The zero-order valence-electron chi connectivity index (χ0n) is 9.45. The molecule has 2 N–H and O–H groups in total. The third-order valence-electron chi connectivity index (χ3n) is 2.35. The van der Waals surface area contributed by atoms with Gasteiger partial charge in [0.1, 0.15) is 6.04 Å². The Balaban J connectivity index is 2.22. The van der Waals surface area contributed by atoms with Crippen molar-refractivity contribution in [2.75, 3.05) is 12.4 Å². The number of anilines is 1. The van der Waals surface area contributed by atoms with E-state index in [0.717, 1.165) is 15.5 Å². The highest BCUT2D eigenvalue weighted by atomic mass is 79.9. The highest BCUT2D eigenvalue weighted by Gasteiger charge is 2.14. The largest absolute Gasteiger partial charge is 0.467 e. The quantitative estimate of drug-likeness (QED) is 0.853. The zero-order valence-corrected chi connectivity index (χ0v) is 11.0. The molecule has 1 aromatic heterocycles. The van der Waals surface area contributed by atoms with Crippen LogP contribution < -0.4 is 5.32 Å². The normalized spacial score (nSPS) is 12.4. The number of esters is 1. The fourth-order valence-electron chi connectivity index (χ4n) is 1.49. The van der Waals surface area contributed by atoms with Crippen LogP contribution in [0.5, 0.6) is 0 Å². The van der Waals surface area contributed by atoms with Crippen molar-refractivity contribution in [1.29, 1.82) is 0 Å². The minimum Gasteiger partial charge on any atom is -0.467 e. The maximum Gasteiger partial charge on any atom is 0.328 e. The van der Waals surface area contributed by atoms with Gasteiger partial charge in [0.15, 0.2) is 0 Å². The lowest BCUT2D eigenvalue weighted by atomic mass is 10.3. The minimum absolute atomic E-state index is 0.327.